The van der Waals surface area contributed by atoms with E-state index in [9.17, 15) is 14.9 Å². The summed E-state index contributed by atoms with van der Waals surface area (Å²) in [5, 5.41) is 20.8. The van der Waals surface area contributed by atoms with E-state index >= 15 is 0 Å². The number of carbonyl (C=O) groups excluding carboxylic acids is 1. The molecule has 1 atom stereocenters. The average molecular weight is 345 g/mol. The minimum absolute atomic E-state index is 0.0294. The van der Waals surface area contributed by atoms with E-state index in [-0.39, 0.29) is 17.8 Å². The van der Waals surface area contributed by atoms with E-state index < -0.39 is 4.92 Å². The molecule has 0 unspecified atom stereocenters. The smallest absolute Gasteiger partial charge is 0.315 e. The van der Waals surface area contributed by atoms with Crippen molar-refractivity contribution in [2.24, 2.45) is 7.05 Å². The molecular weight excluding hydrogens is 322 g/mol. The number of nitrogens with zero attached hydrogens (tertiary/aromatic N) is 3. The first-order chi connectivity index (χ1) is 11.8. The Labute approximate surface area is 146 Å². The van der Waals surface area contributed by atoms with Crippen molar-refractivity contribution in [3.05, 3.63) is 56.9 Å². The summed E-state index contributed by atoms with van der Waals surface area (Å²) in [5.41, 5.74) is 3.79. The summed E-state index contributed by atoms with van der Waals surface area (Å²) >= 11 is 0. The zero-order valence-corrected chi connectivity index (χ0v) is 14.9. The van der Waals surface area contributed by atoms with Gasteiger partial charge in [-0.1, -0.05) is 19.1 Å². The summed E-state index contributed by atoms with van der Waals surface area (Å²) < 4.78 is 1.81. The maximum absolute atomic E-state index is 12.2. The van der Waals surface area contributed by atoms with Crippen LogP contribution in [0.3, 0.4) is 0 Å². The van der Waals surface area contributed by atoms with E-state index in [1.54, 1.807) is 12.1 Å². The first kappa shape index (κ1) is 18.4. The summed E-state index contributed by atoms with van der Waals surface area (Å²) in [6.45, 7) is 6.22. The minimum atomic E-state index is -0.450. The van der Waals surface area contributed by atoms with Crippen LogP contribution < -0.4 is 10.6 Å². The van der Waals surface area contributed by atoms with Crippen molar-refractivity contribution in [1.82, 2.24) is 20.4 Å². The number of non-ortho nitro benzene ring substituents is 1. The largest absolute Gasteiger partial charge is 0.334 e. The summed E-state index contributed by atoms with van der Waals surface area (Å²) in [6, 6.07) is 5.70. The summed E-state index contributed by atoms with van der Waals surface area (Å²) in [5.74, 6) is 0. The van der Waals surface area contributed by atoms with Gasteiger partial charge in [-0.3, -0.25) is 14.8 Å². The predicted molar refractivity (Wildman–Crippen MR) is 94.2 cm³/mol. The minimum Gasteiger partial charge on any atom is -0.334 e. The van der Waals surface area contributed by atoms with Crippen molar-refractivity contribution in [3.8, 4) is 0 Å². The molecule has 1 heterocycles. The fourth-order valence-corrected chi connectivity index (χ4v) is 2.80. The van der Waals surface area contributed by atoms with Crippen LogP contribution in [-0.2, 0) is 13.6 Å². The molecule has 0 bridgehead atoms. The Kier molecular flexibility index (Phi) is 5.74. The third kappa shape index (κ3) is 4.34. The van der Waals surface area contributed by atoms with Gasteiger partial charge in [0.05, 0.1) is 16.7 Å². The molecule has 2 N–H and O–H groups in total. The van der Waals surface area contributed by atoms with Gasteiger partial charge >= 0.3 is 6.03 Å². The summed E-state index contributed by atoms with van der Waals surface area (Å²) in [6.07, 6.45) is 0.748. The molecule has 2 rings (SSSR count). The van der Waals surface area contributed by atoms with Crippen molar-refractivity contribution >= 4 is 11.7 Å². The zero-order valence-electron chi connectivity index (χ0n) is 14.9. The van der Waals surface area contributed by atoms with Crippen LogP contribution >= 0.6 is 0 Å². The third-order valence-corrected chi connectivity index (χ3v) is 4.23. The molecule has 0 aliphatic heterocycles. The van der Waals surface area contributed by atoms with Crippen LogP contribution in [0.1, 0.15) is 41.9 Å². The lowest BCUT2D eigenvalue weighted by Crippen LogP contribution is -2.37. The second kappa shape index (κ2) is 7.78. The van der Waals surface area contributed by atoms with Crippen LogP contribution in [0.2, 0.25) is 0 Å². The molecule has 0 fully saturated rings. The normalized spacial score (nSPS) is 11.8. The third-order valence-electron chi connectivity index (χ3n) is 4.23. The second-order valence-corrected chi connectivity index (χ2v) is 5.92. The number of hydrogen-bond acceptors (Lipinski definition) is 4. The molecular formula is C17H23N5O3. The second-order valence-electron chi connectivity index (χ2n) is 5.92. The molecule has 1 aromatic carbocycles. The van der Waals surface area contributed by atoms with Gasteiger partial charge in [-0.25, -0.2) is 4.79 Å². The molecule has 134 valence electrons. The van der Waals surface area contributed by atoms with Gasteiger partial charge in [-0.05, 0) is 25.8 Å². The standard InChI is InChI=1S/C17H23N5O3/c1-5-15(16-11(2)20-21(4)12(16)3)19-17(23)18-10-13-6-8-14(9-7-13)22(24)25/h6-9,15H,5,10H2,1-4H3,(H2,18,19,23)/t15-/m1/s1. The van der Waals surface area contributed by atoms with E-state index in [2.05, 4.69) is 15.7 Å². The first-order valence-electron chi connectivity index (χ1n) is 8.11. The number of nitrogens with one attached hydrogen (secondary N) is 2. The summed E-state index contributed by atoms with van der Waals surface area (Å²) in [7, 11) is 1.88. The number of aryl methyl sites for hydroxylation is 2. The van der Waals surface area contributed by atoms with Gasteiger partial charge < -0.3 is 10.6 Å². The van der Waals surface area contributed by atoms with E-state index in [0.29, 0.717) is 6.54 Å². The molecule has 2 amide bonds. The van der Waals surface area contributed by atoms with E-state index in [1.165, 1.54) is 12.1 Å². The highest BCUT2D eigenvalue weighted by Gasteiger charge is 2.20. The van der Waals surface area contributed by atoms with Gasteiger partial charge in [0.1, 0.15) is 0 Å². The maximum atomic E-state index is 12.2. The van der Waals surface area contributed by atoms with Crippen LogP contribution in [0.25, 0.3) is 0 Å². The highest BCUT2D eigenvalue weighted by molar-refractivity contribution is 5.74. The lowest BCUT2D eigenvalue weighted by molar-refractivity contribution is -0.384. The fourth-order valence-electron chi connectivity index (χ4n) is 2.80. The number of urea groups is 1. The number of hydrogen-bond donors (Lipinski definition) is 2. The van der Waals surface area contributed by atoms with Crippen molar-refractivity contribution in [2.75, 3.05) is 0 Å². The Morgan fingerprint density at radius 3 is 2.44 bits per heavy atom. The number of amides is 2. The predicted octanol–water partition coefficient (Wildman–Crippen LogP) is 2.90. The summed E-state index contributed by atoms with van der Waals surface area (Å²) in [4.78, 5) is 22.4. The van der Waals surface area contributed by atoms with Crippen molar-refractivity contribution in [1.29, 1.82) is 0 Å². The van der Waals surface area contributed by atoms with Gasteiger partial charge in [0.25, 0.3) is 5.69 Å². The number of aromatic nitrogens is 2. The molecule has 0 spiro atoms. The molecule has 25 heavy (non-hydrogen) atoms. The van der Waals surface area contributed by atoms with Gasteiger partial charge in [-0.2, -0.15) is 5.10 Å². The Bertz CT molecular complexity index is 767. The SMILES string of the molecule is CC[C@@H](NC(=O)NCc1ccc([N+](=O)[O-])cc1)c1c(C)nn(C)c1C. The average Bonchev–Trinajstić information content (AvgIpc) is 2.83. The van der Waals surface area contributed by atoms with Crippen LogP contribution in [-0.4, -0.2) is 20.7 Å². The number of nitro groups is 1. The Balaban J connectivity index is 1.97. The monoisotopic (exact) mass is 345 g/mol. The van der Waals surface area contributed by atoms with Crippen molar-refractivity contribution < 1.29 is 9.72 Å². The quantitative estimate of drug-likeness (QED) is 0.621. The lowest BCUT2D eigenvalue weighted by Gasteiger charge is -2.18. The molecule has 0 aliphatic carbocycles. The van der Waals surface area contributed by atoms with Gasteiger partial charge in [0.15, 0.2) is 0 Å². The van der Waals surface area contributed by atoms with Crippen LogP contribution in [0, 0.1) is 24.0 Å². The molecule has 0 saturated carbocycles. The number of rotatable bonds is 6. The van der Waals surface area contributed by atoms with Crippen molar-refractivity contribution in [2.45, 2.75) is 39.8 Å². The Morgan fingerprint density at radius 1 is 1.32 bits per heavy atom. The van der Waals surface area contributed by atoms with Crippen LogP contribution in [0.4, 0.5) is 10.5 Å². The first-order valence-corrected chi connectivity index (χ1v) is 8.11. The molecule has 1 aromatic heterocycles. The van der Waals surface area contributed by atoms with E-state index in [4.69, 9.17) is 0 Å². The van der Waals surface area contributed by atoms with Crippen molar-refractivity contribution in [3.63, 3.8) is 0 Å². The van der Waals surface area contributed by atoms with Gasteiger partial charge in [-0.15, -0.1) is 0 Å². The van der Waals surface area contributed by atoms with Gasteiger partial charge in [0.2, 0.25) is 0 Å². The number of carbonyl (C=O) groups is 1. The highest BCUT2D eigenvalue weighted by Crippen LogP contribution is 2.23. The molecule has 8 nitrogen and oxygen atoms in total. The zero-order chi connectivity index (χ0) is 18.6. The topological polar surface area (TPSA) is 102 Å². The molecule has 0 radical (unpaired) electrons. The van der Waals surface area contributed by atoms with E-state index in [1.807, 2.05) is 32.5 Å². The number of benzene rings is 1. The molecule has 0 saturated heterocycles. The van der Waals surface area contributed by atoms with E-state index in [0.717, 1.165) is 28.9 Å². The van der Waals surface area contributed by atoms with Crippen LogP contribution in [0.15, 0.2) is 24.3 Å². The van der Waals surface area contributed by atoms with Gasteiger partial charge in [0, 0.05) is 37.0 Å². The highest BCUT2D eigenvalue weighted by atomic mass is 16.6. The Morgan fingerprint density at radius 2 is 1.96 bits per heavy atom. The Hall–Kier alpha value is -2.90. The fraction of sp³-hybridized carbons (Fsp3) is 0.412. The maximum Gasteiger partial charge on any atom is 0.315 e. The van der Waals surface area contributed by atoms with Crippen LogP contribution in [0.5, 0.6) is 0 Å². The molecule has 0 aliphatic rings. The number of nitro benzene ring substituents is 1. The molecule has 2 aromatic rings. The molecule has 8 heteroatoms. The lowest BCUT2D eigenvalue weighted by atomic mass is 10.0.